The number of carbonyl (C=O) groups excluding carboxylic acids is 1. The second kappa shape index (κ2) is 7.71. The third-order valence-electron chi connectivity index (χ3n) is 4.12. The number of hydrogen-bond donors (Lipinski definition) is 2. The minimum Gasteiger partial charge on any atom is -0.495 e. The standard InChI is InChI=1S/C20H14ClN3O2S2/c1-26-16-10-17-15(9-14(16)21)22-20(28-17)24-19(27)23-18(25)13-7-6-11-4-2-3-5-12(11)8-13/h2-10H,1H3,(H2,22,23,24,25,27). The number of nitrogens with zero attached hydrogens (tertiary/aromatic N) is 1. The Labute approximate surface area is 175 Å². The summed E-state index contributed by atoms with van der Waals surface area (Å²) >= 11 is 12.8. The van der Waals surface area contributed by atoms with Crippen molar-refractivity contribution in [2.75, 3.05) is 12.4 Å². The number of nitrogens with one attached hydrogen (secondary N) is 2. The number of fused-ring (bicyclic) bond motifs is 2. The molecule has 0 aliphatic carbocycles. The molecule has 1 heterocycles. The van der Waals surface area contributed by atoms with Gasteiger partial charge in [0.05, 0.1) is 22.3 Å². The van der Waals surface area contributed by atoms with Crippen LogP contribution in [0.5, 0.6) is 5.75 Å². The van der Waals surface area contributed by atoms with Gasteiger partial charge in [-0.15, -0.1) is 0 Å². The molecule has 3 aromatic carbocycles. The van der Waals surface area contributed by atoms with E-state index in [0.29, 0.717) is 21.5 Å². The summed E-state index contributed by atoms with van der Waals surface area (Å²) in [5, 5.41) is 8.92. The zero-order valence-corrected chi connectivity index (χ0v) is 17.0. The highest BCUT2D eigenvalue weighted by Gasteiger charge is 2.12. The van der Waals surface area contributed by atoms with Gasteiger partial charge in [0.15, 0.2) is 10.2 Å². The van der Waals surface area contributed by atoms with Crippen LogP contribution in [0.1, 0.15) is 10.4 Å². The predicted octanol–water partition coefficient (Wildman–Crippen LogP) is 5.24. The van der Waals surface area contributed by atoms with Gasteiger partial charge < -0.3 is 10.1 Å². The number of halogens is 1. The normalized spacial score (nSPS) is 10.8. The first-order chi connectivity index (χ1) is 13.5. The maximum atomic E-state index is 12.5. The number of carbonyl (C=O) groups is 1. The molecule has 0 saturated heterocycles. The number of hydrogen-bond acceptors (Lipinski definition) is 5. The fraction of sp³-hybridized carbons (Fsp3) is 0.0500. The van der Waals surface area contributed by atoms with Crippen LogP contribution in [0.4, 0.5) is 5.13 Å². The van der Waals surface area contributed by atoms with Crippen molar-refractivity contribution in [3.8, 4) is 5.75 Å². The molecule has 0 saturated carbocycles. The SMILES string of the molecule is COc1cc2sc(NC(=S)NC(=O)c3ccc4ccccc4c3)nc2cc1Cl. The average molecular weight is 428 g/mol. The topological polar surface area (TPSA) is 63.2 Å². The molecule has 0 aliphatic heterocycles. The second-order valence-corrected chi connectivity index (χ2v) is 7.79. The van der Waals surface area contributed by atoms with E-state index in [1.54, 1.807) is 19.2 Å². The van der Waals surface area contributed by atoms with Crippen molar-refractivity contribution in [2.24, 2.45) is 0 Å². The van der Waals surface area contributed by atoms with Crippen molar-refractivity contribution in [3.05, 3.63) is 65.2 Å². The number of amides is 1. The van der Waals surface area contributed by atoms with E-state index in [1.807, 2.05) is 42.5 Å². The maximum absolute atomic E-state index is 12.5. The van der Waals surface area contributed by atoms with Crippen LogP contribution in [-0.4, -0.2) is 23.1 Å². The molecule has 0 fully saturated rings. The smallest absolute Gasteiger partial charge is 0.257 e. The van der Waals surface area contributed by atoms with E-state index in [4.69, 9.17) is 28.6 Å². The highest BCUT2D eigenvalue weighted by atomic mass is 35.5. The second-order valence-electron chi connectivity index (χ2n) is 5.94. The predicted molar refractivity (Wildman–Crippen MR) is 119 cm³/mol. The Hall–Kier alpha value is -2.74. The quantitative estimate of drug-likeness (QED) is 0.438. The van der Waals surface area contributed by atoms with E-state index in [1.165, 1.54) is 11.3 Å². The molecule has 0 spiro atoms. The molecule has 0 atom stereocenters. The lowest BCUT2D eigenvalue weighted by molar-refractivity contribution is 0.0978. The Balaban J connectivity index is 1.48. The number of methoxy groups -OCH3 is 1. The van der Waals surface area contributed by atoms with Crippen molar-refractivity contribution in [1.29, 1.82) is 0 Å². The van der Waals surface area contributed by atoms with Gasteiger partial charge in [-0.25, -0.2) is 4.98 Å². The van der Waals surface area contributed by atoms with E-state index < -0.39 is 0 Å². The van der Waals surface area contributed by atoms with Crippen molar-refractivity contribution in [3.63, 3.8) is 0 Å². The Morgan fingerprint density at radius 3 is 2.71 bits per heavy atom. The van der Waals surface area contributed by atoms with Crippen LogP contribution >= 0.6 is 35.2 Å². The summed E-state index contributed by atoms with van der Waals surface area (Å²) in [4.78, 5) is 16.9. The van der Waals surface area contributed by atoms with Crippen molar-refractivity contribution in [2.45, 2.75) is 0 Å². The third-order valence-corrected chi connectivity index (χ3v) is 5.55. The van der Waals surface area contributed by atoms with E-state index in [0.717, 1.165) is 21.0 Å². The van der Waals surface area contributed by atoms with Gasteiger partial charge in [-0.05, 0) is 41.2 Å². The highest BCUT2D eigenvalue weighted by molar-refractivity contribution is 7.80. The maximum Gasteiger partial charge on any atom is 0.257 e. The minimum atomic E-state index is -0.283. The number of ether oxygens (including phenoxy) is 1. The monoisotopic (exact) mass is 427 g/mol. The molecule has 0 radical (unpaired) electrons. The molecule has 8 heteroatoms. The molecular formula is C20H14ClN3O2S2. The fourth-order valence-electron chi connectivity index (χ4n) is 2.77. The first kappa shape index (κ1) is 18.6. The Morgan fingerprint density at radius 1 is 1.14 bits per heavy atom. The van der Waals surface area contributed by atoms with Crippen LogP contribution in [0.3, 0.4) is 0 Å². The summed E-state index contributed by atoms with van der Waals surface area (Å²) < 4.78 is 6.12. The van der Waals surface area contributed by atoms with Crippen LogP contribution < -0.4 is 15.4 Å². The molecule has 5 nitrogen and oxygen atoms in total. The molecule has 0 bridgehead atoms. The van der Waals surface area contributed by atoms with Gasteiger partial charge in [-0.3, -0.25) is 10.1 Å². The molecule has 2 N–H and O–H groups in total. The van der Waals surface area contributed by atoms with Crippen LogP contribution in [0.15, 0.2) is 54.6 Å². The Bertz CT molecular complexity index is 1220. The molecular weight excluding hydrogens is 414 g/mol. The van der Waals surface area contributed by atoms with Gasteiger partial charge in [0.25, 0.3) is 5.91 Å². The van der Waals surface area contributed by atoms with Gasteiger partial charge in [0.2, 0.25) is 0 Å². The molecule has 0 unspecified atom stereocenters. The molecule has 4 rings (SSSR count). The van der Waals surface area contributed by atoms with Crippen molar-refractivity contribution >= 4 is 72.3 Å². The fourth-order valence-corrected chi connectivity index (χ4v) is 4.14. The number of benzene rings is 3. The average Bonchev–Trinajstić information content (AvgIpc) is 3.07. The largest absolute Gasteiger partial charge is 0.495 e. The summed E-state index contributed by atoms with van der Waals surface area (Å²) in [5.41, 5.74) is 1.26. The molecule has 28 heavy (non-hydrogen) atoms. The zero-order valence-electron chi connectivity index (χ0n) is 14.7. The number of aromatic nitrogens is 1. The minimum absolute atomic E-state index is 0.176. The van der Waals surface area contributed by atoms with Crippen LogP contribution in [0, 0.1) is 0 Å². The van der Waals surface area contributed by atoms with Gasteiger partial charge in [0.1, 0.15) is 5.75 Å². The number of rotatable bonds is 3. The Kier molecular flexibility index (Phi) is 5.13. The van der Waals surface area contributed by atoms with E-state index in [-0.39, 0.29) is 11.0 Å². The van der Waals surface area contributed by atoms with Crippen LogP contribution in [0.2, 0.25) is 5.02 Å². The van der Waals surface area contributed by atoms with Gasteiger partial charge in [0, 0.05) is 11.6 Å². The zero-order chi connectivity index (χ0) is 19.7. The lowest BCUT2D eigenvalue weighted by Crippen LogP contribution is -2.34. The van der Waals surface area contributed by atoms with Gasteiger partial charge in [-0.1, -0.05) is 53.3 Å². The highest BCUT2D eigenvalue weighted by Crippen LogP contribution is 2.34. The molecule has 1 aromatic heterocycles. The van der Waals surface area contributed by atoms with Crippen LogP contribution in [0.25, 0.3) is 21.0 Å². The first-order valence-corrected chi connectivity index (χ1v) is 9.89. The van der Waals surface area contributed by atoms with E-state index >= 15 is 0 Å². The van der Waals surface area contributed by atoms with Crippen molar-refractivity contribution < 1.29 is 9.53 Å². The lowest BCUT2D eigenvalue weighted by Gasteiger charge is -2.08. The molecule has 140 valence electrons. The lowest BCUT2D eigenvalue weighted by atomic mass is 10.1. The summed E-state index contributed by atoms with van der Waals surface area (Å²) in [6.07, 6.45) is 0. The number of thiazole rings is 1. The number of thiocarbonyl (C=S) groups is 1. The van der Waals surface area contributed by atoms with Gasteiger partial charge in [-0.2, -0.15) is 0 Å². The summed E-state index contributed by atoms with van der Waals surface area (Å²) in [6.45, 7) is 0. The first-order valence-electron chi connectivity index (χ1n) is 8.29. The molecule has 1 amide bonds. The van der Waals surface area contributed by atoms with Crippen molar-refractivity contribution in [1.82, 2.24) is 10.3 Å². The Morgan fingerprint density at radius 2 is 1.93 bits per heavy atom. The summed E-state index contributed by atoms with van der Waals surface area (Å²) in [5.74, 6) is 0.297. The van der Waals surface area contributed by atoms with E-state index in [2.05, 4.69) is 15.6 Å². The number of anilines is 1. The molecule has 4 aromatic rings. The summed E-state index contributed by atoms with van der Waals surface area (Å²) in [6, 6.07) is 16.9. The summed E-state index contributed by atoms with van der Waals surface area (Å²) in [7, 11) is 1.56. The molecule has 0 aliphatic rings. The van der Waals surface area contributed by atoms with E-state index in [9.17, 15) is 4.79 Å². The van der Waals surface area contributed by atoms with Gasteiger partial charge >= 0.3 is 0 Å². The van der Waals surface area contributed by atoms with Crippen LogP contribution in [-0.2, 0) is 0 Å². The third kappa shape index (κ3) is 3.77.